The number of aromatic nitrogens is 3. The van der Waals surface area contributed by atoms with Gasteiger partial charge in [-0.25, -0.2) is 0 Å². The van der Waals surface area contributed by atoms with E-state index in [-0.39, 0.29) is 5.56 Å². The van der Waals surface area contributed by atoms with Crippen molar-refractivity contribution in [3.8, 4) is 0 Å². The average molecular weight is 341 g/mol. The SMILES string of the molecule is Cc1ccc(C=c2sc3nc(C=Cc4cccs4)nn3c2=O)o1. The van der Waals surface area contributed by atoms with Crippen molar-refractivity contribution in [2.75, 3.05) is 0 Å². The molecule has 0 fully saturated rings. The van der Waals surface area contributed by atoms with Gasteiger partial charge in [0.25, 0.3) is 5.56 Å². The maximum atomic E-state index is 12.4. The Labute approximate surface area is 138 Å². The van der Waals surface area contributed by atoms with Gasteiger partial charge >= 0.3 is 0 Å². The third-order valence-corrected chi connectivity index (χ3v) is 4.97. The van der Waals surface area contributed by atoms with Crippen LogP contribution in [0.25, 0.3) is 23.2 Å². The van der Waals surface area contributed by atoms with Crippen LogP contribution in [0.4, 0.5) is 0 Å². The minimum atomic E-state index is -0.178. The summed E-state index contributed by atoms with van der Waals surface area (Å²) in [6.45, 7) is 1.87. The molecule has 4 aromatic rings. The second kappa shape index (κ2) is 5.60. The van der Waals surface area contributed by atoms with Crippen molar-refractivity contribution in [2.24, 2.45) is 0 Å². The van der Waals surface area contributed by atoms with Crippen LogP contribution in [-0.2, 0) is 0 Å². The minimum Gasteiger partial charge on any atom is -0.462 e. The Bertz CT molecular complexity index is 1100. The zero-order chi connectivity index (χ0) is 15.8. The highest BCUT2D eigenvalue weighted by molar-refractivity contribution is 7.15. The lowest BCUT2D eigenvalue weighted by atomic mass is 10.4. The molecule has 0 aliphatic rings. The normalized spacial score (nSPS) is 12.8. The molecular formula is C16H11N3O2S2. The third kappa shape index (κ3) is 2.76. The Morgan fingerprint density at radius 2 is 2.17 bits per heavy atom. The van der Waals surface area contributed by atoms with E-state index in [2.05, 4.69) is 10.1 Å². The number of thiophene rings is 1. The quantitative estimate of drug-likeness (QED) is 0.575. The number of thiazole rings is 1. The molecule has 0 aliphatic heterocycles. The van der Waals surface area contributed by atoms with E-state index in [1.54, 1.807) is 17.4 Å². The molecule has 4 aromatic heterocycles. The van der Waals surface area contributed by atoms with E-state index in [1.165, 1.54) is 15.9 Å². The summed E-state index contributed by atoms with van der Waals surface area (Å²) in [4.78, 5) is 18.4. The highest BCUT2D eigenvalue weighted by Crippen LogP contribution is 2.13. The first-order valence-electron chi connectivity index (χ1n) is 6.88. The Balaban J connectivity index is 1.72. The van der Waals surface area contributed by atoms with E-state index in [0.29, 0.717) is 21.1 Å². The molecule has 0 aliphatic carbocycles. The van der Waals surface area contributed by atoms with Gasteiger partial charge in [-0.3, -0.25) is 4.79 Å². The number of hydrogen-bond donors (Lipinski definition) is 0. The summed E-state index contributed by atoms with van der Waals surface area (Å²) in [5, 5.41) is 6.26. The topological polar surface area (TPSA) is 60.4 Å². The zero-order valence-corrected chi connectivity index (χ0v) is 13.7. The number of rotatable bonds is 3. The van der Waals surface area contributed by atoms with Crippen LogP contribution in [-0.4, -0.2) is 14.6 Å². The molecule has 5 nitrogen and oxygen atoms in total. The predicted octanol–water partition coefficient (Wildman–Crippen LogP) is 2.83. The first-order valence-corrected chi connectivity index (χ1v) is 8.58. The monoisotopic (exact) mass is 341 g/mol. The van der Waals surface area contributed by atoms with E-state index < -0.39 is 0 Å². The molecule has 0 spiro atoms. The van der Waals surface area contributed by atoms with E-state index in [4.69, 9.17) is 4.42 Å². The number of hydrogen-bond acceptors (Lipinski definition) is 6. The summed E-state index contributed by atoms with van der Waals surface area (Å²) in [6, 6.07) is 7.69. The van der Waals surface area contributed by atoms with Crippen molar-refractivity contribution >= 4 is 45.9 Å². The fraction of sp³-hybridized carbons (Fsp3) is 0.0625. The molecule has 7 heteroatoms. The fourth-order valence-corrected chi connectivity index (χ4v) is 3.64. The molecule has 0 aromatic carbocycles. The molecular weight excluding hydrogens is 330 g/mol. The van der Waals surface area contributed by atoms with Gasteiger partial charge in [0.05, 0.1) is 0 Å². The summed E-state index contributed by atoms with van der Waals surface area (Å²) >= 11 is 2.94. The molecule has 0 saturated carbocycles. The molecule has 0 unspecified atom stereocenters. The van der Waals surface area contributed by atoms with Crippen molar-refractivity contribution in [1.82, 2.24) is 14.6 Å². The van der Waals surface area contributed by atoms with Crippen LogP contribution in [0, 0.1) is 6.92 Å². The standard InChI is InChI=1S/C16H11N3O2S2/c1-10-4-5-11(21-10)9-13-15(20)19-16(23-13)17-14(18-19)7-6-12-3-2-8-22-12/h2-9H,1H3. The van der Waals surface area contributed by atoms with Gasteiger partial charge in [0.15, 0.2) is 5.82 Å². The van der Waals surface area contributed by atoms with Crippen molar-refractivity contribution in [3.63, 3.8) is 0 Å². The molecule has 23 heavy (non-hydrogen) atoms. The van der Waals surface area contributed by atoms with Crippen molar-refractivity contribution in [2.45, 2.75) is 6.92 Å². The van der Waals surface area contributed by atoms with Gasteiger partial charge in [0.2, 0.25) is 4.96 Å². The van der Waals surface area contributed by atoms with Gasteiger partial charge in [-0.15, -0.1) is 16.4 Å². The van der Waals surface area contributed by atoms with E-state index >= 15 is 0 Å². The summed E-state index contributed by atoms with van der Waals surface area (Å²) < 4.78 is 7.36. The number of furan rings is 1. The Hall–Kier alpha value is -2.51. The van der Waals surface area contributed by atoms with E-state index in [9.17, 15) is 4.79 Å². The molecule has 0 atom stereocenters. The molecule has 0 radical (unpaired) electrons. The summed E-state index contributed by atoms with van der Waals surface area (Å²) in [7, 11) is 0. The summed E-state index contributed by atoms with van der Waals surface area (Å²) in [6.07, 6.45) is 5.47. The zero-order valence-electron chi connectivity index (χ0n) is 12.1. The van der Waals surface area contributed by atoms with Crippen LogP contribution in [0.1, 0.15) is 22.2 Å². The van der Waals surface area contributed by atoms with Gasteiger partial charge < -0.3 is 4.42 Å². The highest BCUT2D eigenvalue weighted by atomic mass is 32.1. The summed E-state index contributed by atoms with van der Waals surface area (Å²) in [5.74, 6) is 1.99. The molecule has 0 bridgehead atoms. The van der Waals surface area contributed by atoms with Gasteiger partial charge in [-0.1, -0.05) is 17.4 Å². The molecule has 4 rings (SSSR count). The van der Waals surface area contributed by atoms with Crippen LogP contribution >= 0.6 is 22.7 Å². The molecule has 0 amide bonds. The average Bonchev–Trinajstić information content (AvgIpc) is 3.27. The number of nitrogens with zero attached hydrogens (tertiary/aromatic N) is 3. The smallest absolute Gasteiger partial charge is 0.291 e. The minimum absolute atomic E-state index is 0.178. The van der Waals surface area contributed by atoms with Crippen molar-refractivity contribution < 1.29 is 4.42 Å². The Morgan fingerprint density at radius 3 is 2.87 bits per heavy atom. The van der Waals surface area contributed by atoms with Gasteiger partial charge in [0.1, 0.15) is 16.1 Å². The second-order valence-electron chi connectivity index (χ2n) is 4.88. The molecule has 4 heterocycles. The lowest BCUT2D eigenvalue weighted by Gasteiger charge is -1.83. The van der Waals surface area contributed by atoms with Gasteiger partial charge in [-0.05, 0) is 42.7 Å². The Morgan fingerprint density at radius 1 is 1.26 bits per heavy atom. The first-order chi connectivity index (χ1) is 11.2. The maximum absolute atomic E-state index is 12.4. The van der Waals surface area contributed by atoms with E-state index in [1.807, 2.05) is 48.7 Å². The largest absolute Gasteiger partial charge is 0.462 e. The van der Waals surface area contributed by atoms with Crippen molar-refractivity contribution in [3.05, 3.63) is 66.8 Å². The lowest BCUT2D eigenvalue weighted by Crippen LogP contribution is -2.23. The predicted molar refractivity (Wildman–Crippen MR) is 92.6 cm³/mol. The Kier molecular flexibility index (Phi) is 3.44. The molecule has 0 saturated heterocycles. The molecule has 0 N–H and O–H groups in total. The van der Waals surface area contributed by atoms with Crippen molar-refractivity contribution in [1.29, 1.82) is 0 Å². The van der Waals surface area contributed by atoms with Crippen LogP contribution in [0.15, 0.2) is 38.9 Å². The van der Waals surface area contributed by atoms with Crippen LogP contribution in [0.5, 0.6) is 0 Å². The maximum Gasteiger partial charge on any atom is 0.291 e. The second-order valence-corrected chi connectivity index (χ2v) is 6.87. The number of fused-ring (bicyclic) bond motifs is 1. The van der Waals surface area contributed by atoms with Crippen LogP contribution < -0.4 is 10.1 Å². The summed E-state index contributed by atoms with van der Waals surface area (Å²) in [5.41, 5.74) is -0.178. The molecule has 114 valence electrons. The number of aryl methyl sites for hydroxylation is 1. The first kappa shape index (κ1) is 14.1. The van der Waals surface area contributed by atoms with E-state index in [0.717, 1.165) is 10.6 Å². The third-order valence-electron chi connectivity index (χ3n) is 3.17. The lowest BCUT2D eigenvalue weighted by molar-refractivity contribution is 0.525. The van der Waals surface area contributed by atoms with Gasteiger partial charge in [0, 0.05) is 11.0 Å². The van der Waals surface area contributed by atoms with Crippen LogP contribution in [0.3, 0.4) is 0 Å². The van der Waals surface area contributed by atoms with Crippen LogP contribution in [0.2, 0.25) is 0 Å². The highest BCUT2D eigenvalue weighted by Gasteiger charge is 2.09. The van der Waals surface area contributed by atoms with Gasteiger partial charge in [-0.2, -0.15) is 9.50 Å². The fourth-order valence-electron chi connectivity index (χ4n) is 2.12.